The van der Waals surface area contributed by atoms with Crippen LogP contribution >= 0.6 is 11.6 Å². The lowest BCUT2D eigenvalue weighted by atomic mass is 10.2. The fourth-order valence-corrected chi connectivity index (χ4v) is 5.45. The Morgan fingerprint density at radius 3 is 2.19 bits per heavy atom. The van der Waals surface area contributed by atoms with Gasteiger partial charge in [-0.3, -0.25) is 9.10 Å². The zero-order valence-electron chi connectivity index (χ0n) is 20.9. The van der Waals surface area contributed by atoms with Gasteiger partial charge in [0.2, 0.25) is 0 Å². The lowest BCUT2D eigenvalue weighted by Crippen LogP contribution is -2.40. The van der Waals surface area contributed by atoms with Crippen LogP contribution in [0.15, 0.2) is 76.7 Å². The fourth-order valence-electron chi connectivity index (χ4n) is 3.74. The average Bonchev–Trinajstić information content (AvgIpc) is 2.85. The second-order valence-electron chi connectivity index (χ2n) is 8.31. The minimum absolute atomic E-state index is 0.0899. The number of rotatable bonds is 10. The van der Waals surface area contributed by atoms with Crippen LogP contribution in [0, 0.1) is 13.8 Å². The van der Waals surface area contributed by atoms with E-state index in [-0.39, 0.29) is 4.90 Å². The van der Waals surface area contributed by atoms with E-state index in [0.29, 0.717) is 16.3 Å². The normalized spacial score (nSPS) is 11.5. The van der Waals surface area contributed by atoms with Crippen molar-refractivity contribution in [3.63, 3.8) is 0 Å². The first-order valence-corrected chi connectivity index (χ1v) is 13.5. The molecule has 9 heteroatoms. The molecule has 0 spiro atoms. The van der Waals surface area contributed by atoms with Gasteiger partial charge in [0.15, 0.2) is 0 Å². The monoisotopic (exact) mass is 526 g/mol. The van der Waals surface area contributed by atoms with Gasteiger partial charge < -0.3 is 4.90 Å². The molecule has 1 amide bonds. The van der Waals surface area contributed by atoms with E-state index >= 15 is 0 Å². The maximum absolute atomic E-state index is 13.5. The van der Waals surface area contributed by atoms with E-state index in [9.17, 15) is 13.2 Å². The highest BCUT2D eigenvalue weighted by atomic mass is 35.5. The minimum atomic E-state index is -4.02. The number of nitrogens with zero attached hydrogens (tertiary/aromatic N) is 3. The lowest BCUT2D eigenvalue weighted by molar-refractivity contribution is -0.119. The molecule has 0 aliphatic rings. The number of hydrazone groups is 1. The molecule has 0 heterocycles. The highest BCUT2D eigenvalue weighted by Gasteiger charge is 2.28. The summed E-state index contributed by atoms with van der Waals surface area (Å²) in [5, 5.41) is 4.50. The molecule has 0 saturated heterocycles. The molecule has 36 heavy (non-hydrogen) atoms. The Balaban J connectivity index is 1.80. The molecule has 3 rings (SSSR count). The van der Waals surface area contributed by atoms with Crippen LogP contribution < -0.4 is 14.6 Å². The van der Waals surface area contributed by atoms with Crippen molar-refractivity contribution in [2.75, 3.05) is 28.8 Å². The summed E-state index contributed by atoms with van der Waals surface area (Å²) >= 11 is 6.08. The number of carbonyl (C=O) groups is 1. The summed E-state index contributed by atoms with van der Waals surface area (Å²) in [5.74, 6) is -0.573. The van der Waals surface area contributed by atoms with Crippen molar-refractivity contribution < 1.29 is 13.2 Å². The van der Waals surface area contributed by atoms with Crippen LogP contribution in [0.3, 0.4) is 0 Å². The van der Waals surface area contributed by atoms with E-state index in [2.05, 4.69) is 29.3 Å². The predicted molar refractivity (Wildman–Crippen MR) is 148 cm³/mol. The van der Waals surface area contributed by atoms with Crippen LogP contribution in [0.5, 0.6) is 0 Å². The van der Waals surface area contributed by atoms with Crippen molar-refractivity contribution >= 4 is 45.1 Å². The van der Waals surface area contributed by atoms with E-state index in [1.807, 2.05) is 31.2 Å². The van der Waals surface area contributed by atoms with Crippen LogP contribution in [0.2, 0.25) is 5.02 Å². The number of halogens is 1. The maximum Gasteiger partial charge on any atom is 0.264 e. The third-order valence-electron chi connectivity index (χ3n) is 5.75. The molecule has 0 aliphatic heterocycles. The summed E-state index contributed by atoms with van der Waals surface area (Å²) in [7, 11) is -4.02. The molecule has 3 aromatic rings. The van der Waals surface area contributed by atoms with Gasteiger partial charge in [-0.2, -0.15) is 5.10 Å². The van der Waals surface area contributed by atoms with Gasteiger partial charge in [0.25, 0.3) is 15.9 Å². The van der Waals surface area contributed by atoms with Gasteiger partial charge in [-0.05, 0) is 81.3 Å². The summed E-state index contributed by atoms with van der Waals surface area (Å²) in [6.45, 7) is 9.20. The number of hydrogen-bond donors (Lipinski definition) is 1. The van der Waals surface area contributed by atoms with Crippen molar-refractivity contribution in [3.05, 3.63) is 88.4 Å². The predicted octanol–water partition coefficient (Wildman–Crippen LogP) is 5.15. The Labute approximate surface area is 218 Å². The van der Waals surface area contributed by atoms with Crippen LogP contribution in [0.4, 0.5) is 11.4 Å². The van der Waals surface area contributed by atoms with Crippen LogP contribution in [0.1, 0.15) is 30.5 Å². The standard InChI is InChI=1S/C27H31ClN4O3S/c1-5-31(6-2)24-12-9-22(10-13-24)18-29-30-27(33)19-32(26-16-11-23(28)17-21(26)4)36(34,35)25-14-7-20(3)8-15-25/h7-18H,5-6,19H2,1-4H3,(H,30,33)/b29-18-. The SMILES string of the molecule is CCN(CC)c1ccc(/C=N\NC(=O)CN(c2ccc(Cl)cc2C)S(=O)(=O)c2ccc(C)cc2)cc1. The number of anilines is 2. The largest absolute Gasteiger partial charge is 0.372 e. The Hall–Kier alpha value is -3.36. The molecule has 0 bridgehead atoms. The summed E-state index contributed by atoms with van der Waals surface area (Å²) in [6, 6.07) is 19.2. The van der Waals surface area contributed by atoms with Gasteiger partial charge in [-0.15, -0.1) is 0 Å². The first-order valence-electron chi connectivity index (χ1n) is 11.7. The van der Waals surface area contributed by atoms with E-state index in [1.165, 1.54) is 18.3 Å². The smallest absolute Gasteiger partial charge is 0.264 e. The molecule has 7 nitrogen and oxygen atoms in total. The topological polar surface area (TPSA) is 82.1 Å². The van der Waals surface area contributed by atoms with Crippen molar-refractivity contribution in [1.82, 2.24) is 5.43 Å². The van der Waals surface area contributed by atoms with Crippen LogP contribution in [0.25, 0.3) is 0 Å². The van der Waals surface area contributed by atoms with Gasteiger partial charge in [-0.25, -0.2) is 13.8 Å². The molecule has 190 valence electrons. The summed E-state index contributed by atoms with van der Waals surface area (Å²) in [5.41, 5.74) is 6.28. The third kappa shape index (κ3) is 6.65. The Kier molecular flexibility index (Phi) is 9.12. The molecule has 0 unspecified atom stereocenters. The lowest BCUT2D eigenvalue weighted by Gasteiger charge is -2.25. The van der Waals surface area contributed by atoms with Crippen LogP contribution in [-0.4, -0.2) is 40.2 Å². The van der Waals surface area contributed by atoms with Gasteiger partial charge in [0.05, 0.1) is 16.8 Å². The summed E-state index contributed by atoms with van der Waals surface area (Å²) in [6.07, 6.45) is 1.52. The second kappa shape index (κ2) is 12.1. The number of benzene rings is 3. The molecule has 0 radical (unpaired) electrons. The van der Waals surface area contributed by atoms with Gasteiger partial charge in [0.1, 0.15) is 6.54 Å². The van der Waals surface area contributed by atoms with E-state index in [4.69, 9.17) is 11.6 Å². The van der Waals surface area contributed by atoms with Crippen molar-refractivity contribution in [2.24, 2.45) is 5.10 Å². The zero-order valence-corrected chi connectivity index (χ0v) is 22.5. The molecule has 1 N–H and O–H groups in total. The Morgan fingerprint density at radius 1 is 0.972 bits per heavy atom. The zero-order chi connectivity index (χ0) is 26.3. The summed E-state index contributed by atoms with van der Waals surface area (Å²) < 4.78 is 28.1. The number of aryl methyl sites for hydroxylation is 2. The maximum atomic E-state index is 13.5. The van der Waals surface area contributed by atoms with E-state index in [1.54, 1.807) is 37.3 Å². The van der Waals surface area contributed by atoms with Crippen molar-refractivity contribution in [1.29, 1.82) is 0 Å². The van der Waals surface area contributed by atoms with Crippen molar-refractivity contribution in [3.8, 4) is 0 Å². The van der Waals surface area contributed by atoms with E-state index in [0.717, 1.165) is 34.2 Å². The van der Waals surface area contributed by atoms with Gasteiger partial charge in [0, 0.05) is 23.8 Å². The van der Waals surface area contributed by atoms with Gasteiger partial charge in [-0.1, -0.05) is 41.4 Å². The molecule has 0 atom stereocenters. The summed E-state index contributed by atoms with van der Waals surface area (Å²) in [4.78, 5) is 15.1. The van der Waals surface area contributed by atoms with Crippen LogP contribution in [-0.2, 0) is 14.8 Å². The molecule has 0 saturated carbocycles. The van der Waals surface area contributed by atoms with Gasteiger partial charge >= 0.3 is 0 Å². The fraction of sp³-hybridized carbons (Fsp3) is 0.259. The number of nitrogens with one attached hydrogen (secondary N) is 1. The highest BCUT2D eigenvalue weighted by Crippen LogP contribution is 2.29. The minimum Gasteiger partial charge on any atom is -0.372 e. The Bertz CT molecular complexity index is 1320. The van der Waals surface area contributed by atoms with E-state index < -0.39 is 22.5 Å². The number of hydrogen-bond acceptors (Lipinski definition) is 5. The molecule has 3 aromatic carbocycles. The Morgan fingerprint density at radius 2 is 1.61 bits per heavy atom. The second-order valence-corrected chi connectivity index (χ2v) is 10.6. The molecule has 0 aliphatic carbocycles. The quantitative estimate of drug-likeness (QED) is 0.292. The molecule has 0 aromatic heterocycles. The third-order valence-corrected chi connectivity index (χ3v) is 7.76. The molecular formula is C27H31ClN4O3S. The number of amides is 1. The number of carbonyl (C=O) groups excluding carboxylic acids is 1. The molecule has 0 fully saturated rings. The first-order chi connectivity index (χ1) is 17.1. The van der Waals surface area contributed by atoms with Crippen molar-refractivity contribution in [2.45, 2.75) is 32.6 Å². The number of sulfonamides is 1. The first kappa shape index (κ1) is 27.2. The average molecular weight is 527 g/mol. The highest BCUT2D eigenvalue weighted by molar-refractivity contribution is 7.92. The molecular weight excluding hydrogens is 496 g/mol.